The Hall–Kier alpha value is -2.24. The molecule has 1 aliphatic heterocycles. The van der Waals surface area contributed by atoms with Gasteiger partial charge in [-0.25, -0.2) is 0 Å². The zero-order chi connectivity index (χ0) is 18.4. The fourth-order valence-corrected chi connectivity index (χ4v) is 3.43. The van der Waals surface area contributed by atoms with Crippen molar-refractivity contribution in [2.75, 3.05) is 32.2 Å². The molecule has 0 aromatic heterocycles. The zero-order valence-corrected chi connectivity index (χ0v) is 15.6. The SMILES string of the molecule is COc1cccc(NC(N)=NCC2(c3cccc(Cl)c3)CCOCC2)c1. The number of nitrogens with two attached hydrogens (primary N) is 1. The van der Waals surface area contributed by atoms with Crippen LogP contribution in [0, 0.1) is 0 Å². The number of rotatable bonds is 5. The molecule has 0 aliphatic carbocycles. The highest BCUT2D eigenvalue weighted by Gasteiger charge is 2.34. The van der Waals surface area contributed by atoms with Crippen LogP contribution in [0.15, 0.2) is 53.5 Å². The third kappa shape index (κ3) is 4.48. The number of hydrogen-bond donors (Lipinski definition) is 2. The van der Waals surface area contributed by atoms with Crippen molar-refractivity contribution in [1.82, 2.24) is 0 Å². The summed E-state index contributed by atoms with van der Waals surface area (Å²) in [5, 5.41) is 3.86. The Labute approximate surface area is 159 Å². The fourth-order valence-electron chi connectivity index (χ4n) is 3.24. The smallest absolute Gasteiger partial charge is 0.193 e. The van der Waals surface area contributed by atoms with E-state index >= 15 is 0 Å². The van der Waals surface area contributed by atoms with Gasteiger partial charge in [0.2, 0.25) is 0 Å². The van der Waals surface area contributed by atoms with E-state index in [0.29, 0.717) is 25.7 Å². The Morgan fingerprint density at radius 1 is 1.23 bits per heavy atom. The standard InChI is InChI=1S/C20H24ClN3O2/c1-25-18-7-3-6-17(13-18)24-19(22)23-14-20(8-10-26-11-9-20)15-4-2-5-16(21)12-15/h2-7,12-13H,8-11,14H2,1H3,(H3,22,23,24). The van der Waals surface area contributed by atoms with Crippen LogP contribution in [0.25, 0.3) is 0 Å². The second kappa shape index (κ2) is 8.43. The molecule has 1 aliphatic rings. The summed E-state index contributed by atoms with van der Waals surface area (Å²) in [7, 11) is 1.64. The summed E-state index contributed by atoms with van der Waals surface area (Å²) >= 11 is 6.21. The number of nitrogens with zero attached hydrogens (tertiary/aromatic N) is 1. The van der Waals surface area contributed by atoms with Crippen molar-refractivity contribution >= 4 is 23.2 Å². The topological polar surface area (TPSA) is 68.9 Å². The normalized spacial score (nSPS) is 16.9. The summed E-state index contributed by atoms with van der Waals surface area (Å²) < 4.78 is 10.8. The largest absolute Gasteiger partial charge is 0.497 e. The molecule has 1 heterocycles. The molecule has 3 N–H and O–H groups in total. The average Bonchev–Trinajstić information content (AvgIpc) is 2.67. The summed E-state index contributed by atoms with van der Waals surface area (Å²) in [5.41, 5.74) is 8.04. The van der Waals surface area contributed by atoms with Gasteiger partial charge in [0, 0.05) is 35.4 Å². The van der Waals surface area contributed by atoms with Gasteiger partial charge >= 0.3 is 0 Å². The van der Waals surface area contributed by atoms with Crippen LogP contribution in [0.3, 0.4) is 0 Å². The zero-order valence-electron chi connectivity index (χ0n) is 14.9. The summed E-state index contributed by atoms with van der Waals surface area (Å²) in [6.07, 6.45) is 1.78. The molecular formula is C20H24ClN3O2. The van der Waals surface area contributed by atoms with Gasteiger partial charge in [0.15, 0.2) is 5.96 Å². The molecule has 138 valence electrons. The van der Waals surface area contributed by atoms with Crippen LogP contribution in [0.2, 0.25) is 5.02 Å². The molecule has 0 radical (unpaired) electrons. The van der Waals surface area contributed by atoms with Crippen LogP contribution < -0.4 is 15.8 Å². The number of hydrogen-bond acceptors (Lipinski definition) is 3. The number of benzene rings is 2. The van der Waals surface area contributed by atoms with Crippen LogP contribution >= 0.6 is 11.6 Å². The van der Waals surface area contributed by atoms with Gasteiger partial charge in [-0.2, -0.15) is 0 Å². The Morgan fingerprint density at radius 2 is 2.00 bits per heavy atom. The summed E-state index contributed by atoms with van der Waals surface area (Å²) in [6, 6.07) is 15.6. The van der Waals surface area contributed by atoms with E-state index in [9.17, 15) is 0 Å². The Bertz CT molecular complexity index is 773. The second-order valence-corrected chi connectivity index (χ2v) is 6.90. The first kappa shape index (κ1) is 18.5. The first-order valence-electron chi connectivity index (χ1n) is 8.66. The highest BCUT2D eigenvalue weighted by molar-refractivity contribution is 6.30. The molecule has 1 saturated heterocycles. The first-order valence-corrected chi connectivity index (χ1v) is 9.04. The average molecular weight is 374 g/mol. The van der Waals surface area contributed by atoms with Crippen LogP contribution in [-0.2, 0) is 10.2 Å². The Morgan fingerprint density at radius 3 is 2.73 bits per heavy atom. The minimum Gasteiger partial charge on any atom is -0.497 e. The number of aliphatic imine (C=N–C) groups is 1. The van der Waals surface area contributed by atoms with E-state index in [1.807, 2.05) is 42.5 Å². The van der Waals surface area contributed by atoms with Crippen LogP contribution in [0.1, 0.15) is 18.4 Å². The monoisotopic (exact) mass is 373 g/mol. The lowest BCUT2D eigenvalue weighted by molar-refractivity contribution is 0.0531. The van der Waals surface area contributed by atoms with Crippen molar-refractivity contribution in [3.63, 3.8) is 0 Å². The number of ether oxygens (including phenoxy) is 2. The predicted octanol–water partition coefficient (Wildman–Crippen LogP) is 3.82. The number of anilines is 1. The van der Waals surface area contributed by atoms with E-state index < -0.39 is 0 Å². The molecule has 6 heteroatoms. The molecule has 2 aromatic carbocycles. The Balaban J connectivity index is 1.77. The molecule has 0 amide bonds. The van der Waals surface area contributed by atoms with E-state index in [4.69, 9.17) is 26.8 Å². The van der Waals surface area contributed by atoms with Gasteiger partial charge in [0.25, 0.3) is 0 Å². The molecule has 2 aromatic rings. The van der Waals surface area contributed by atoms with Gasteiger partial charge < -0.3 is 20.5 Å². The third-order valence-corrected chi connectivity index (χ3v) is 5.02. The lowest BCUT2D eigenvalue weighted by Gasteiger charge is -2.36. The van der Waals surface area contributed by atoms with Crippen molar-refractivity contribution in [3.8, 4) is 5.75 Å². The number of guanidine groups is 1. The van der Waals surface area contributed by atoms with E-state index in [2.05, 4.69) is 16.4 Å². The molecule has 0 spiro atoms. The van der Waals surface area contributed by atoms with Crippen molar-refractivity contribution < 1.29 is 9.47 Å². The van der Waals surface area contributed by atoms with Crippen LogP contribution in [0.4, 0.5) is 5.69 Å². The molecule has 0 bridgehead atoms. The van der Waals surface area contributed by atoms with Gasteiger partial charge in [-0.3, -0.25) is 4.99 Å². The summed E-state index contributed by atoms with van der Waals surface area (Å²) in [6.45, 7) is 2.01. The molecule has 0 atom stereocenters. The van der Waals surface area contributed by atoms with Gasteiger partial charge in [0.1, 0.15) is 5.75 Å². The minimum atomic E-state index is -0.107. The first-order chi connectivity index (χ1) is 12.6. The lowest BCUT2D eigenvalue weighted by atomic mass is 9.74. The fraction of sp³-hybridized carbons (Fsp3) is 0.350. The number of nitrogens with one attached hydrogen (secondary N) is 1. The van der Waals surface area contributed by atoms with Gasteiger partial charge in [0.05, 0.1) is 13.7 Å². The molecular weight excluding hydrogens is 350 g/mol. The number of halogens is 1. The molecule has 26 heavy (non-hydrogen) atoms. The quantitative estimate of drug-likeness (QED) is 0.617. The maximum Gasteiger partial charge on any atom is 0.193 e. The van der Waals surface area contributed by atoms with Crippen LogP contribution in [-0.4, -0.2) is 32.8 Å². The molecule has 1 fully saturated rings. The van der Waals surface area contributed by atoms with Crippen molar-refractivity contribution in [1.29, 1.82) is 0 Å². The molecule has 3 rings (SSSR count). The van der Waals surface area contributed by atoms with Gasteiger partial charge in [-0.05, 0) is 42.7 Å². The van der Waals surface area contributed by atoms with E-state index in [-0.39, 0.29) is 5.41 Å². The lowest BCUT2D eigenvalue weighted by Crippen LogP contribution is -2.38. The van der Waals surface area contributed by atoms with Crippen molar-refractivity contribution in [2.24, 2.45) is 10.7 Å². The highest BCUT2D eigenvalue weighted by Crippen LogP contribution is 2.36. The predicted molar refractivity (Wildman–Crippen MR) is 106 cm³/mol. The van der Waals surface area contributed by atoms with E-state index in [1.54, 1.807) is 7.11 Å². The van der Waals surface area contributed by atoms with Crippen molar-refractivity contribution in [3.05, 3.63) is 59.1 Å². The van der Waals surface area contributed by atoms with Crippen LogP contribution in [0.5, 0.6) is 5.75 Å². The van der Waals surface area contributed by atoms with E-state index in [0.717, 1.165) is 29.3 Å². The second-order valence-electron chi connectivity index (χ2n) is 6.46. The maximum atomic E-state index is 6.21. The summed E-state index contributed by atoms with van der Waals surface area (Å²) in [4.78, 5) is 4.62. The maximum absolute atomic E-state index is 6.21. The third-order valence-electron chi connectivity index (χ3n) is 4.78. The van der Waals surface area contributed by atoms with Gasteiger partial charge in [-0.15, -0.1) is 0 Å². The minimum absolute atomic E-state index is 0.107. The highest BCUT2D eigenvalue weighted by atomic mass is 35.5. The Kier molecular flexibility index (Phi) is 6.01. The summed E-state index contributed by atoms with van der Waals surface area (Å²) in [5.74, 6) is 1.15. The molecule has 0 saturated carbocycles. The van der Waals surface area contributed by atoms with Gasteiger partial charge in [-0.1, -0.05) is 29.8 Å². The van der Waals surface area contributed by atoms with Crippen molar-refractivity contribution in [2.45, 2.75) is 18.3 Å². The molecule has 0 unspecified atom stereocenters. The molecule has 5 nitrogen and oxygen atoms in total. The number of methoxy groups -OCH3 is 1. The van der Waals surface area contributed by atoms with E-state index in [1.165, 1.54) is 5.56 Å².